The van der Waals surface area contributed by atoms with Gasteiger partial charge in [0.05, 0.1) is 0 Å². The van der Waals surface area contributed by atoms with Crippen molar-refractivity contribution in [3.63, 3.8) is 0 Å². The van der Waals surface area contributed by atoms with E-state index in [4.69, 9.17) is 0 Å². The van der Waals surface area contributed by atoms with E-state index < -0.39 is 0 Å². The van der Waals surface area contributed by atoms with E-state index in [2.05, 4.69) is 0 Å². The van der Waals surface area contributed by atoms with Crippen LogP contribution in [-0.2, 0) is 4.79 Å². The largest absolute Gasteiger partial charge is 0.512 e. The zero-order valence-corrected chi connectivity index (χ0v) is 9.22. The number of carbonyl (C=O) groups excluding carboxylic acids is 1. The van der Waals surface area contributed by atoms with Crippen molar-refractivity contribution < 1.29 is 9.90 Å². The average Bonchev–Trinajstić information content (AvgIpc) is 2.12. The first-order chi connectivity index (χ1) is 5.91. The molecule has 1 atom stereocenters. The van der Waals surface area contributed by atoms with Crippen LogP contribution in [0.5, 0.6) is 0 Å². The second kappa shape index (κ2) is 5.05. The van der Waals surface area contributed by atoms with Crippen LogP contribution >= 0.6 is 0 Å². The molecule has 0 rings (SSSR count). The lowest BCUT2D eigenvalue weighted by atomic mass is 9.95. The molecule has 0 bridgehead atoms. The van der Waals surface area contributed by atoms with Crippen LogP contribution in [0.25, 0.3) is 0 Å². The third-order valence-electron chi connectivity index (χ3n) is 2.36. The van der Waals surface area contributed by atoms with Crippen molar-refractivity contribution in [1.29, 1.82) is 0 Å². The van der Waals surface area contributed by atoms with Gasteiger partial charge in [-0.15, -0.1) is 0 Å². The van der Waals surface area contributed by atoms with Crippen LogP contribution in [0.1, 0.15) is 41.0 Å². The maximum Gasteiger partial charge on any atom is 0.164 e. The van der Waals surface area contributed by atoms with E-state index in [1.165, 1.54) is 0 Å². The second-order valence-electron chi connectivity index (χ2n) is 3.84. The minimum absolute atomic E-state index is 0.0147. The van der Waals surface area contributed by atoms with Gasteiger partial charge < -0.3 is 5.11 Å². The topological polar surface area (TPSA) is 37.3 Å². The first kappa shape index (κ1) is 12.2. The van der Waals surface area contributed by atoms with Gasteiger partial charge in [0.15, 0.2) is 5.78 Å². The molecule has 13 heavy (non-hydrogen) atoms. The molecular weight excluding hydrogens is 164 g/mol. The molecule has 0 fully saturated rings. The number of aliphatic hydroxyl groups is 1. The van der Waals surface area contributed by atoms with Gasteiger partial charge in [-0.1, -0.05) is 27.7 Å². The van der Waals surface area contributed by atoms with Crippen LogP contribution in [0.4, 0.5) is 0 Å². The molecule has 0 saturated carbocycles. The van der Waals surface area contributed by atoms with E-state index in [0.29, 0.717) is 5.57 Å². The zero-order valence-electron chi connectivity index (χ0n) is 9.22. The molecule has 1 N–H and O–H groups in total. The van der Waals surface area contributed by atoms with Gasteiger partial charge in [0, 0.05) is 17.4 Å². The van der Waals surface area contributed by atoms with Crippen LogP contribution in [0.3, 0.4) is 0 Å². The van der Waals surface area contributed by atoms with Crippen molar-refractivity contribution in [1.82, 2.24) is 0 Å². The SMILES string of the molecule is CCC(C)C(=O)/C(C)=C(\O)C(C)C. The fourth-order valence-corrected chi connectivity index (χ4v) is 1.11. The molecule has 2 nitrogen and oxygen atoms in total. The summed E-state index contributed by atoms with van der Waals surface area (Å²) in [5.41, 5.74) is 0.518. The molecule has 0 radical (unpaired) electrons. The van der Waals surface area contributed by atoms with E-state index in [0.717, 1.165) is 6.42 Å². The molecule has 76 valence electrons. The van der Waals surface area contributed by atoms with Crippen molar-refractivity contribution in [2.45, 2.75) is 41.0 Å². The van der Waals surface area contributed by atoms with Gasteiger partial charge >= 0.3 is 0 Å². The fourth-order valence-electron chi connectivity index (χ4n) is 1.11. The summed E-state index contributed by atoms with van der Waals surface area (Å²) >= 11 is 0. The highest BCUT2D eigenvalue weighted by molar-refractivity contribution is 5.96. The molecule has 0 spiro atoms. The molecule has 0 aliphatic rings. The van der Waals surface area contributed by atoms with Crippen LogP contribution in [0, 0.1) is 11.8 Å². The highest BCUT2D eigenvalue weighted by atomic mass is 16.3. The third kappa shape index (κ3) is 3.21. The van der Waals surface area contributed by atoms with Gasteiger partial charge in [0.25, 0.3) is 0 Å². The Morgan fingerprint density at radius 2 is 1.77 bits per heavy atom. The Morgan fingerprint density at radius 1 is 1.31 bits per heavy atom. The van der Waals surface area contributed by atoms with Crippen LogP contribution in [0.2, 0.25) is 0 Å². The Morgan fingerprint density at radius 3 is 2.08 bits per heavy atom. The molecule has 0 aliphatic carbocycles. The number of hydrogen-bond acceptors (Lipinski definition) is 2. The smallest absolute Gasteiger partial charge is 0.164 e. The Hall–Kier alpha value is -0.790. The quantitative estimate of drug-likeness (QED) is 0.538. The predicted molar refractivity (Wildman–Crippen MR) is 54.6 cm³/mol. The Bertz CT molecular complexity index is 214. The Kier molecular flexibility index (Phi) is 4.74. The molecule has 0 saturated heterocycles. The van der Waals surface area contributed by atoms with Gasteiger partial charge in [-0.2, -0.15) is 0 Å². The van der Waals surface area contributed by atoms with Gasteiger partial charge in [0.1, 0.15) is 5.76 Å². The average molecular weight is 184 g/mol. The molecular formula is C11H20O2. The summed E-state index contributed by atoms with van der Waals surface area (Å²) < 4.78 is 0. The fraction of sp³-hybridized carbons (Fsp3) is 0.727. The maximum atomic E-state index is 11.6. The van der Waals surface area contributed by atoms with Crippen molar-refractivity contribution in [3.8, 4) is 0 Å². The number of allylic oxidation sites excluding steroid dienone is 2. The normalized spacial score (nSPS) is 15.5. The number of ketones is 1. The second-order valence-corrected chi connectivity index (χ2v) is 3.84. The van der Waals surface area contributed by atoms with E-state index in [9.17, 15) is 9.90 Å². The van der Waals surface area contributed by atoms with Gasteiger partial charge in [-0.25, -0.2) is 0 Å². The third-order valence-corrected chi connectivity index (χ3v) is 2.36. The number of aliphatic hydroxyl groups excluding tert-OH is 1. The minimum Gasteiger partial charge on any atom is -0.512 e. The first-order valence-corrected chi connectivity index (χ1v) is 4.85. The lowest BCUT2D eigenvalue weighted by molar-refractivity contribution is -0.119. The van der Waals surface area contributed by atoms with Crippen LogP contribution in [0.15, 0.2) is 11.3 Å². The lowest BCUT2D eigenvalue weighted by Gasteiger charge is -2.11. The highest BCUT2D eigenvalue weighted by Crippen LogP contribution is 2.16. The molecule has 0 aromatic rings. The van der Waals surface area contributed by atoms with Crippen LogP contribution in [-0.4, -0.2) is 10.9 Å². The van der Waals surface area contributed by atoms with Gasteiger partial charge in [-0.05, 0) is 13.3 Å². The van der Waals surface area contributed by atoms with Gasteiger partial charge in [-0.3, -0.25) is 4.79 Å². The molecule has 0 heterocycles. The van der Waals surface area contributed by atoms with E-state index >= 15 is 0 Å². The van der Waals surface area contributed by atoms with Crippen molar-refractivity contribution >= 4 is 5.78 Å². The Balaban J connectivity index is 4.67. The van der Waals surface area contributed by atoms with Crippen LogP contribution < -0.4 is 0 Å². The number of Topliss-reactive ketones (excluding diaryl/α,β-unsaturated/α-hetero) is 1. The van der Waals surface area contributed by atoms with Crippen molar-refractivity contribution in [3.05, 3.63) is 11.3 Å². The molecule has 0 aromatic heterocycles. The molecule has 0 amide bonds. The van der Waals surface area contributed by atoms with E-state index in [1.807, 2.05) is 27.7 Å². The summed E-state index contributed by atoms with van der Waals surface area (Å²) in [5, 5.41) is 9.57. The maximum absolute atomic E-state index is 11.6. The zero-order chi connectivity index (χ0) is 10.6. The van der Waals surface area contributed by atoms with E-state index in [1.54, 1.807) is 6.92 Å². The summed E-state index contributed by atoms with van der Waals surface area (Å²) in [6, 6.07) is 0. The minimum atomic E-state index is 0.0147. The molecule has 1 unspecified atom stereocenters. The van der Waals surface area contributed by atoms with Crippen molar-refractivity contribution in [2.75, 3.05) is 0 Å². The highest BCUT2D eigenvalue weighted by Gasteiger charge is 2.17. The number of rotatable bonds is 4. The summed E-state index contributed by atoms with van der Waals surface area (Å²) in [6.07, 6.45) is 0.821. The monoisotopic (exact) mass is 184 g/mol. The number of carbonyl (C=O) groups is 1. The summed E-state index contributed by atoms with van der Waals surface area (Å²) in [4.78, 5) is 11.6. The molecule has 0 aromatic carbocycles. The molecule has 2 heteroatoms. The van der Waals surface area contributed by atoms with Gasteiger partial charge in [0.2, 0.25) is 0 Å². The predicted octanol–water partition coefficient (Wildman–Crippen LogP) is 3.09. The van der Waals surface area contributed by atoms with Crippen molar-refractivity contribution in [2.24, 2.45) is 11.8 Å². The lowest BCUT2D eigenvalue weighted by Crippen LogP contribution is -2.14. The molecule has 0 aliphatic heterocycles. The first-order valence-electron chi connectivity index (χ1n) is 4.85. The van der Waals surface area contributed by atoms with E-state index in [-0.39, 0.29) is 23.4 Å². The summed E-state index contributed by atoms with van der Waals surface area (Å²) in [6.45, 7) is 9.32. The standard InChI is InChI=1S/C11H20O2/c1-6-8(4)11(13)9(5)10(12)7(2)3/h7-8,12H,6H2,1-5H3/b10-9-. The summed E-state index contributed by atoms with van der Waals surface area (Å²) in [7, 11) is 0. The summed E-state index contributed by atoms with van der Waals surface area (Å²) in [5.74, 6) is 0.341. The number of hydrogen-bond donors (Lipinski definition) is 1. The Labute approximate surface area is 80.7 Å².